The largest absolute Gasteiger partial charge is 0.379 e. The Labute approximate surface area is 144 Å². The molecule has 1 rings (SSSR count). The molecule has 1 aliphatic heterocycles. The zero-order valence-electron chi connectivity index (χ0n) is 15.2. The van der Waals surface area contributed by atoms with Gasteiger partial charge in [0.1, 0.15) is 5.60 Å². The quantitative estimate of drug-likeness (QED) is 0.403. The van der Waals surface area contributed by atoms with E-state index in [4.69, 9.17) is 9.47 Å². The molecule has 6 heteroatoms. The molecule has 1 aliphatic rings. The van der Waals surface area contributed by atoms with Crippen molar-refractivity contribution >= 4 is 17.6 Å². The third-order valence-corrected chi connectivity index (χ3v) is 3.85. The molecule has 0 aliphatic carbocycles. The number of rotatable bonds is 12. The Balaban J connectivity index is 2.20. The molecule has 0 saturated heterocycles. The molecular weight excluding hydrogens is 310 g/mol. The van der Waals surface area contributed by atoms with E-state index < -0.39 is 5.60 Å². The number of unbranched alkanes of at least 4 members (excludes halogenated alkanes) is 2. The predicted octanol–water partition coefficient (Wildman–Crippen LogP) is 2.26. The summed E-state index contributed by atoms with van der Waals surface area (Å²) in [4.78, 5) is 36.2. The van der Waals surface area contributed by atoms with Gasteiger partial charge in [0.2, 0.25) is 0 Å². The van der Waals surface area contributed by atoms with Crippen LogP contribution in [-0.4, -0.2) is 54.0 Å². The average molecular weight is 339 g/mol. The summed E-state index contributed by atoms with van der Waals surface area (Å²) in [7, 11) is 0. The number of ketones is 1. The van der Waals surface area contributed by atoms with Crippen molar-refractivity contribution in [2.24, 2.45) is 0 Å². The van der Waals surface area contributed by atoms with Crippen molar-refractivity contribution in [2.75, 3.05) is 19.8 Å². The number of nitrogens with zero attached hydrogens (tertiary/aromatic N) is 1. The van der Waals surface area contributed by atoms with Gasteiger partial charge in [0, 0.05) is 25.2 Å². The third-order valence-electron chi connectivity index (χ3n) is 3.85. The smallest absolute Gasteiger partial charge is 0.253 e. The SMILES string of the molecule is CC(C)OCCCCCC(=O)C(C)(C)OCCN1C(=O)C=CC1=O. The predicted molar refractivity (Wildman–Crippen MR) is 90.5 cm³/mol. The highest BCUT2D eigenvalue weighted by atomic mass is 16.5. The Morgan fingerprint density at radius 1 is 1.08 bits per heavy atom. The molecule has 0 fully saturated rings. The molecule has 0 bridgehead atoms. The first-order chi connectivity index (χ1) is 11.2. The number of ether oxygens (including phenoxy) is 2. The second kappa shape index (κ2) is 9.69. The van der Waals surface area contributed by atoms with Crippen LogP contribution in [0.2, 0.25) is 0 Å². The van der Waals surface area contributed by atoms with Crippen molar-refractivity contribution in [3.8, 4) is 0 Å². The van der Waals surface area contributed by atoms with Gasteiger partial charge in [0.05, 0.1) is 19.3 Å². The fraction of sp³-hybridized carbons (Fsp3) is 0.722. The molecule has 0 unspecified atom stereocenters. The van der Waals surface area contributed by atoms with E-state index in [2.05, 4.69) is 0 Å². The Morgan fingerprint density at radius 2 is 1.71 bits per heavy atom. The van der Waals surface area contributed by atoms with Crippen LogP contribution >= 0.6 is 0 Å². The molecule has 0 aromatic rings. The number of imide groups is 1. The summed E-state index contributed by atoms with van der Waals surface area (Å²) in [5, 5.41) is 0. The van der Waals surface area contributed by atoms with Crippen molar-refractivity contribution < 1.29 is 23.9 Å². The van der Waals surface area contributed by atoms with E-state index in [1.165, 1.54) is 12.2 Å². The van der Waals surface area contributed by atoms with Crippen molar-refractivity contribution in [1.29, 1.82) is 0 Å². The zero-order chi connectivity index (χ0) is 18.2. The molecule has 0 radical (unpaired) electrons. The third kappa shape index (κ3) is 6.93. The number of carbonyl (C=O) groups is 3. The van der Waals surface area contributed by atoms with Gasteiger partial charge in [0.15, 0.2) is 5.78 Å². The van der Waals surface area contributed by atoms with Crippen LogP contribution in [0, 0.1) is 0 Å². The molecule has 0 atom stereocenters. The first-order valence-electron chi connectivity index (χ1n) is 8.56. The molecule has 2 amide bonds. The van der Waals surface area contributed by atoms with Crippen LogP contribution in [-0.2, 0) is 23.9 Å². The second-order valence-electron chi connectivity index (χ2n) is 6.67. The number of Topliss-reactive ketones (excluding diaryl/α,β-unsaturated/α-hetero) is 1. The van der Waals surface area contributed by atoms with Gasteiger partial charge in [0.25, 0.3) is 11.8 Å². The maximum Gasteiger partial charge on any atom is 0.253 e. The number of hydrogen-bond donors (Lipinski definition) is 0. The second-order valence-corrected chi connectivity index (χ2v) is 6.67. The van der Waals surface area contributed by atoms with Crippen molar-refractivity contribution in [1.82, 2.24) is 4.90 Å². The minimum absolute atomic E-state index is 0.0319. The lowest BCUT2D eigenvalue weighted by molar-refractivity contribution is -0.144. The first kappa shape index (κ1) is 20.5. The number of carbonyl (C=O) groups excluding carboxylic acids is 3. The summed E-state index contributed by atoms with van der Waals surface area (Å²) >= 11 is 0. The normalized spacial score (nSPS) is 15.0. The van der Waals surface area contributed by atoms with Crippen molar-refractivity contribution in [3.05, 3.63) is 12.2 Å². The van der Waals surface area contributed by atoms with Gasteiger partial charge in [-0.3, -0.25) is 19.3 Å². The fourth-order valence-electron chi connectivity index (χ4n) is 2.31. The van der Waals surface area contributed by atoms with E-state index in [1.54, 1.807) is 13.8 Å². The van der Waals surface area contributed by atoms with Gasteiger partial charge in [-0.2, -0.15) is 0 Å². The lowest BCUT2D eigenvalue weighted by Crippen LogP contribution is -2.39. The van der Waals surface area contributed by atoms with Gasteiger partial charge >= 0.3 is 0 Å². The van der Waals surface area contributed by atoms with E-state index in [0.717, 1.165) is 30.8 Å². The van der Waals surface area contributed by atoms with Crippen molar-refractivity contribution in [3.63, 3.8) is 0 Å². The summed E-state index contributed by atoms with van der Waals surface area (Å²) in [5.41, 5.74) is -0.909. The standard InChI is InChI=1S/C18H29NO5/c1-14(2)23-12-7-5-6-8-15(20)18(3,4)24-13-11-19-16(21)9-10-17(19)22/h9-10,14H,5-8,11-13H2,1-4H3. The van der Waals surface area contributed by atoms with Crippen LogP contribution in [0.3, 0.4) is 0 Å². The van der Waals surface area contributed by atoms with E-state index in [1.807, 2.05) is 13.8 Å². The Morgan fingerprint density at radius 3 is 2.29 bits per heavy atom. The topological polar surface area (TPSA) is 72.9 Å². The van der Waals surface area contributed by atoms with Gasteiger partial charge in [-0.25, -0.2) is 0 Å². The van der Waals surface area contributed by atoms with Gasteiger partial charge < -0.3 is 9.47 Å². The minimum atomic E-state index is -0.909. The highest BCUT2D eigenvalue weighted by Gasteiger charge is 2.29. The lowest BCUT2D eigenvalue weighted by Gasteiger charge is -2.25. The molecule has 136 valence electrons. The summed E-state index contributed by atoms with van der Waals surface area (Å²) in [6.45, 7) is 8.49. The summed E-state index contributed by atoms with van der Waals surface area (Å²) in [6, 6.07) is 0. The molecule has 0 aromatic heterocycles. The van der Waals surface area contributed by atoms with Gasteiger partial charge in [-0.15, -0.1) is 0 Å². The zero-order valence-corrected chi connectivity index (χ0v) is 15.2. The summed E-state index contributed by atoms with van der Waals surface area (Å²) in [5.74, 6) is -0.642. The van der Waals surface area contributed by atoms with Crippen LogP contribution in [0.5, 0.6) is 0 Å². The van der Waals surface area contributed by atoms with E-state index in [0.29, 0.717) is 6.42 Å². The minimum Gasteiger partial charge on any atom is -0.379 e. The van der Waals surface area contributed by atoms with Crippen LogP contribution in [0.15, 0.2) is 12.2 Å². The van der Waals surface area contributed by atoms with Crippen LogP contribution in [0.25, 0.3) is 0 Å². The molecule has 0 saturated carbocycles. The molecule has 0 aromatic carbocycles. The molecule has 6 nitrogen and oxygen atoms in total. The van der Waals surface area contributed by atoms with Gasteiger partial charge in [-0.1, -0.05) is 6.42 Å². The highest BCUT2D eigenvalue weighted by Crippen LogP contribution is 2.16. The maximum absolute atomic E-state index is 12.2. The highest BCUT2D eigenvalue weighted by molar-refractivity contribution is 6.12. The van der Waals surface area contributed by atoms with E-state index in [-0.39, 0.29) is 36.9 Å². The molecule has 1 heterocycles. The van der Waals surface area contributed by atoms with Crippen LogP contribution in [0.1, 0.15) is 53.4 Å². The number of amides is 2. The Bertz CT molecular complexity index is 464. The summed E-state index contributed by atoms with van der Waals surface area (Å²) < 4.78 is 11.1. The molecule has 0 spiro atoms. The first-order valence-corrected chi connectivity index (χ1v) is 8.56. The Kier molecular flexibility index (Phi) is 8.28. The Hall–Kier alpha value is -1.53. The number of hydrogen-bond acceptors (Lipinski definition) is 5. The molecular formula is C18H29NO5. The summed E-state index contributed by atoms with van der Waals surface area (Å²) in [6.07, 6.45) is 5.86. The lowest BCUT2D eigenvalue weighted by atomic mass is 9.98. The van der Waals surface area contributed by atoms with Crippen LogP contribution < -0.4 is 0 Å². The van der Waals surface area contributed by atoms with Crippen molar-refractivity contribution in [2.45, 2.75) is 65.1 Å². The van der Waals surface area contributed by atoms with Crippen LogP contribution in [0.4, 0.5) is 0 Å². The molecule has 0 N–H and O–H groups in total. The fourth-order valence-corrected chi connectivity index (χ4v) is 2.31. The van der Waals surface area contributed by atoms with Gasteiger partial charge in [-0.05, 0) is 40.5 Å². The maximum atomic E-state index is 12.2. The average Bonchev–Trinajstić information content (AvgIpc) is 2.81. The van der Waals surface area contributed by atoms with E-state index in [9.17, 15) is 14.4 Å². The van der Waals surface area contributed by atoms with E-state index >= 15 is 0 Å². The monoisotopic (exact) mass is 339 g/mol. The molecule has 24 heavy (non-hydrogen) atoms.